The van der Waals surface area contributed by atoms with Crippen LogP contribution in [0.25, 0.3) is 0 Å². The molecule has 0 spiro atoms. The smallest absolute Gasteiger partial charge is 0.415 e. The molecule has 3 aromatic rings. The monoisotopic (exact) mass is 421 g/mol. The number of carbonyl (C=O) groups is 2. The molecule has 3 rings (SSSR count). The third-order valence-corrected chi connectivity index (χ3v) is 4.49. The third kappa shape index (κ3) is 5.96. The summed E-state index contributed by atoms with van der Waals surface area (Å²) in [5, 5.41) is 0. The molecule has 1 N–H and O–H groups in total. The van der Waals surface area contributed by atoms with Crippen molar-refractivity contribution in [2.45, 2.75) is 13.2 Å². The maximum Gasteiger partial charge on any atom is 0.415 e. The van der Waals surface area contributed by atoms with Gasteiger partial charge < -0.3 is 14.5 Å². The van der Waals surface area contributed by atoms with Crippen molar-refractivity contribution < 1.29 is 19.1 Å². The van der Waals surface area contributed by atoms with Crippen LogP contribution >= 0.6 is 0 Å². The minimum atomic E-state index is -0.647. The lowest BCUT2D eigenvalue weighted by molar-refractivity contribution is 0.148. The Hall–Kier alpha value is -4.07. The number of amides is 2. The summed E-state index contributed by atoms with van der Waals surface area (Å²) in [5.41, 5.74) is 1.30. The number of nitrogens with one attached hydrogen (secondary N) is 1. The minimum absolute atomic E-state index is 0.0969. The molecular weight excluding hydrogens is 398 g/mol. The van der Waals surface area contributed by atoms with E-state index < -0.39 is 12.2 Å². The summed E-state index contributed by atoms with van der Waals surface area (Å²) in [6.07, 6.45) is -1.29. The second-order valence-corrected chi connectivity index (χ2v) is 6.78. The Labute approximate surface area is 179 Å². The van der Waals surface area contributed by atoms with E-state index in [0.717, 1.165) is 20.9 Å². The molecule has 0 aliphatic heterocycles. The van der Waals surface area contributed by atoms with E-state index in [-0.39, 0.29) is 30.3 Å². The lowest BCUT2D eigenvalue weighted by atomic mass is 10.2. The average molecular weight is 421 g/mol. The van der Waals surface area contributed by atoms with Gasteiger partial charge in [-0.15, -0.1) is 0 Å². The van der Waals surface area contributed by atoms with E-state index in [1.165, 1.54) is 26.2 Å². The maximum atomic E-state index is 12.4. The van der Waals surface area contributed by atoms with Crippen LogP contribution in [0.3, 0.4) is 0 Å². The Balaban J connectivity index is 1.66. The van der Waals surface area contributed by atoms with E-state index in [4.69, 9.17) is 9.47 Å². The first kappa shape index (κ1) is 21.6. The van der Waals surface area contributed by atoms with Gasteiger partial charge in [-0.3, -0.25) is 14.6 Å². The first-order valence-corrected chi connectivity index (χ1v) is 9.57. The van der Waals surface area contributed by atoms with Gasteiger partial charge in [0.2, 0.25) is 0 Å². The zero-order chi connectivity index (χ0) is 22.2. The first-order valence-electron chi connectivity index (χ1n) is 9.57. The van der Waals surface area contributed by atoms with Crippen molar-refractivity contribution in [2.75, 3.05) is 23.9 Å². The molecule has 1 heterocycles. The Morgan fingerprint density at radius 2 is 1.13 bits per heavy atom. The number of rotatable bonds is 6. The third-order valence-electron chi connectivity index (χ3n) is 4.49. The molecule has 31 heavy (non-hydrogen) atoms. The fraction of sp³-hybridized carbons (Fsp3) is 0.174. The highest BCUT2D eigenvalue weighted by atomic mass is 16.6. The summed E-state index contributed by atoms with van der Waals surface area (Å²) < 4.78 is 10.6. The number of H-pyrrole nitrogens is 1. The van der Waals surface area contributed by atoms with Crippen LogP contribution in [-0.2, 0) is 22.7 Å². The van der Waals surface area contributed by atoms with Gasteiger partial charge in [-0.25, -0.2) is 9.59 Å². The van der Waals surface area contributed by atoms with E-state index in [1.807, 2.05) is 60.7 Å². The van der Waals surface area contributed by atoms with Crippen LogP contribution in [0.1, 0.15) is 11.1 Å². The lowest BCUT2D eigenvalue weighted by Crippen LogP contribution is -2.32. The Morgan fingerprint density at radius 1 is 0.742 bits per heavy atom. The molecule has 2 aromatic carbocycles. The highest BCUT2D eigenvalue weighted by molar-refractivity contribution is 5.88. The van der Waals surface area contributed by atoms with Crippen LogP contribution in [0, 0.1) is 0 Å². The van der Waals surface area contributed by atoms with Gasteiger partial charge in [-0.1, -0.05) is 60.7 Å². The molecule has 0 saturated carbocycles. The van der Waals surface area contributed by atoms with Crippen molar-refractivity contribution in [1.82, 2.24) is 4.98 Å². The number of carbonyl (C=O) groups excluding carboxylic acids is 2. The number of anilines is 2. The Bertz CT molecular complexity index is 1000. The van der Waals surface area contributed by atoms with Crippen LogP contribution in [0.2, 0.25) is 0 Å². The standard InChI is InChI=1S/C23H23N3O5/c1-25(22(28)30-15-17-9-5-3-6-10-17)20-13-19(27)14-21(24-20)26(2)23(29)31-16-18-11-7-4-8-12-18/h3-14H,15-16H2,1-2H3,(H,24,27). The van der Waals surface area contributed by atoms with Crippen molar-refractivity contribution in [3.8, 4) is 0 Å². The number of aromatic nitrogens is 1. The Kier molecular flexibility index (Phi) is 7.05. The molecule has 8 nitrogen and oxygen atoms in total. The fourth-order valence-electron chi connectivity index (χ4n) is 2.70. The number of hydrogen-bond acceptors (Lipinski definition) is 5. The average Bonchev–Trinajstić information content (AvgIpc) is 2.80. The molecule has 0 atom stereocenters. The summed E-state index contributed by atoms with van der Waals surface area (Å²) in [7, 11) is 2.94. The van der Waals surface area contributed by atoms with E-state index in [2.05, 4.69) is 4.98 Å². The van der Waals surface area contributed by atoms with Gasteiger partial charge in [0.1, 0.15) is 24.8 Å². The van der Waals surface area contributed by atoms with E-state index in [1.54, 1.807) is 0 Å². The van der Waals surface area contributed by atoms with Gasteiger partial charge in [-0.2, -0.15) is 0 Å². The van der Waals surface area contributed by atoms with Crippen LogP contribution < -0.4 is 15.2 Å². The molecule has 0 saturated heterocycles. The minimum Gasteiger partial charge on any atom is -0.444 e. The van der Waals surface area contributed by atoms with Gasteiger partial charge in [0.15, 0.2) is 5.43 Å². The van der Waals surface area contributed by atoms with Crippen molar-refractivity contribution in [1.29, 1.82) is 0 Å². The summed E-state index contributed by atoms with van der Waals surface area (Å²) in [6.45, 7) is 0.194. The molecule has 8 heteroatoms. The topological polar surface area (TPSA) is 91.9 Å². The number of aromatic amines is 1. The SMILES string of the molecule is CN(C(=O)OCc1ccccc1)c1cc(=O)cc(N(C)C(=O)OCc2ccccc2)[nH]1. The largest absolute Gasteiger partial charge is 0.444 e. The van der Waals surface area contributed by atoms with E-state index in [9.17, 15) is 14.4 Å². The van der Waals surface area contributed by atoms with Crippen LogP contribution in [0.15, 0.2) is 77.6 Å². The van der Waals surface area contributed by atoms with Crippen LogP contribution in [0.4, 0.5) is 21.2 Å². The number of nitrogens with zero attached hydrogens (tertiary/aromatic N) is 2. The van der Waals surface area contributed by atoms with E-state index >= 15 is 0 Å². The predicted molar refractivity (Wildman–Crippen MR) is 117 cm³/mol. The fourth-order valence-corrected chi connectivity index (χ4v) is 2.70. The van der Waals surface area contributed by atoms with Gasteiger partial charge in [-0.05, 0) is 11.1 Å². The molecule has 2 amide bonds. The zero-order valence-electron chi connectivity index (χ0n) is 17.3. The first-order chi connectivity index (χ1) is 14.9. The normalized spacial score (nSPS) is 10.3. The van der Waals surface area contributed by atoms with Crippen LogP contribution in [-0.4, -0.2) is 31.3 Å². The summed E-state index contributed by atoms with van der Waals surface area (Å²) >= 11 is 0. The molecule has 0 fully saturated rings. The van der Waals surface area contributed by atoms with Gasteiger partial charge in [0, 0.05) is 26.2 Å². The van der Waals surface area contributed by atoms with Crippen molar-refractivity contribution >= 4 is 23.8 Å². The lowest BCUT2D eigenvalue weighted by Gasteiger charge is -2.21. The van der Waals surface area contributed by atoms with Crippen LogP contribution in [0.5, 0.6) is 0 Å². The van der Waals surface area contributed by atoms with Gasteiger partial charge in [0.05, 0.1) is 0 Å². The number of hydrogen-bond donors (Lipinski definition) is 1. The number of benzene rings is 2. The van der Waals surface area contributed by atoms with Crippen molar-refractivity contribution in [3.05, 3.63) is 94.1 Å². The highest BCUT2D eigenvalue weighted by Gasteiger charge is 2.18. The molecular formula is C23H23N3O5. The molecule has 0 aliphatic rings. The quantitative estimate of drug-likeness (QED) is 0.651. The molecule has 0 aliphatic carbocycles. The molecule has 0 unspecified atom stereocenters. The van der Waals surface area contributed by atoms with Crippen molar-refractivity contribution in [2.24, 2.45) is 0 Å². The second-order valence-electron chi connectivity index (χ2n) is 6.78. The van der Waals surface area contributed by atoms with Gasteiger partial charge in [0.25, 0.3) is 0 Å². The maximum absolute atomic E-state index is 12.4. The van der Waals surface area contributed by atoms with E-state index in [0.29, 0.717) is 0 Å². The van der Waals surface area contributed by atoms with Gasteiger partial charge >= 0.3 is 12.2 Å². The Morgan fingerprint density at radius 3 is 1.52 bits per heavy atom. The predicted octanol–water partition coefficient (Wildman–Crippen LogP) is 3.92. The number of ether oxygens (including phenoxy) is 2. The molecule has 1 aromatic heterocycles. The van der Waals surface area contributed by atoms with Crippen molar-refractivity contribution in [3.63, 3.8) is 0 Å². The summed E-state index contributed by atoms with van der Waals surface area (Å²) in [6, 6.07) is 21.0. The highest BCUT2D eigenvalue weighted by Crippen LogP contribution is 2.16. The molecule has 0 bridgehead atoms. The summed E-state index contributed by atoms with van der Waals surface area (Å²) in [5.74, 6) is 0.367. The summed E-state index contributed by atoms with van der Waals surface area (Å²) in [4.78, 5) is 42.1. The number of pyridine rings is 1. The zero-order valence-corrected chi connectivity index (χ0v) is 17.3. The molecule has 0 radical (unpaired) electrons. The molecule has 160 valence electrons. The second kappa shape index (κ2) is 10.1.